The maximum atomic E-state index is 16.1. The van der Waals surface area contributed by atoms with Crippen molar-refractivity contribution in [1.82, 2.24) is 19.5 Å². The second-order valence-electron chi connectivity index (χ2n) is 7.62. The van der Waals surface area contributed by atoms with Crippen LogP contribution in [0.15, 0.2) is 36.7 Å². The minimum absolute atomic E-state index is 0.00899. The first-order chi connectivity index (χ1) is 15.3. The molecular weight excluding hydrogens is 444 g/mol. The van der Waals surface area contributed by atoms with Crippen molar-refractivity contribution < 1.29 is 32.0 Å². The molecule has 32 heavy (non-hydrogen) atoms. The standard InChI is InChI=1S/C19H21FN5O6P/c1-19(20)14-12(9-29-32(26,31-14)28-8-11-6-4-3-5-7-11)30-17(19)25-10-22-13-15(25)23-18(21)24-16(13)27-2/h3-7,10,12,14,17H,8-9H2,1-2H3,(H2,21,23,24)/t12-,14-,17-,19-,32-/m1/s1. The van der Waals surface area contributed by atoms with Gasteiger partial charge in [0.2, 0.25) is 11.8 Å². The first-order valence-electron chi connectivity index (χ1n) is 9.80. The van der Waals surface area contributed by atoms with Crippen molar-refractivity contribution in [2.24, 2.45) is 0 Å². The molecule has 2 saturated heterocycles. The lowest BCUT2D eigenvalue weighted by molar-refractivity contribution is -0.0714. The number of imidazole rings is 1. The fourth-order valence-electron chi connectivity index (χ4n) is 3.86. The van der Waals surface area contributed by atoms with Crippen LogP contribution in [0.1, 0.15) is 18.7 Å². The molecule has 2 aliphatic heterocycles. The molecule has 3 aromatic rings. The Morgan fingerprint density at radius 1 is 1.34 bits per heavy atom. The van der Waals surface area contributed by atoms with Crippen molar-refractivity contribution in [2.75, 3.05) is 19.5 Å². The average Bonchev–Trinajstić information content (AvgIpc) is 3.30. The van der Waals surface area contributed by atoms with Crippen molar-refractivity contribution in [3.63, 3.8) is 0 Å². The second kappa shape index (κ2) is 7.75. The summed E-state index contributed by atoms with van der Waals surface area (Å²) in [6.45, 7) is 1.12. The van der Waals surface area contributed by atoms with Gasteiger partial charge < -0.3 is 15.2 Å². The van der Waals surface area contributed by atoms with Gasteiger partial charge in [-0.25, -0.2) is 13.9 Å². The van der Waals surface area contributed by atoms with Crippen molar-refractivity contribution in [3.8, 4) is 5.88 Å². The molecular formula is C19H21FN5O6P. The third-order valence-electron chi connectivity index (χ3n) is 5.41. The Kier molecular flexibility index (Phi) is 5.14. The van der Waals surface area contributed by atoms with Crippen LogP contribution in [0.2, 0.25) is 0 Å². The Hall–Kier alpha value is -2.63. The highest BCUT2D eigenvalue weighted by atomic mass is 31.2. The molecule has 4 heterocycles. The zero-order chi connectivity index (χ0) is 22.5. The number of nitrogens with two attached hydrogens (primary N) is 1. The Labute approximate surface area is 182 Å². The molecule has 170 valence electrons. The topological polar surface area (TPSA) is 133 Å². The molecule has 0 saturated carbocycles. The van der Waals surface area contributed by atoms with Gasteiger partial charge in [0.1, 0.15) is 12.2 Å². The highest BCUT2D eigenvalue weighted by Gasteiger charge is 2.61. The van der Waals surface area contributed by atoms with E-state index in [1.807, 2.05) is 18.2 Å². The van der Waals surface area contributed by atoms with Gasteiger partial charge >= 0.3 is 7.82 Å². The van der Waals surface area contributed by atoms with Crippen molar-refractivity contribution in [1.29, 1.82) is 0 Å². The number of rotatable bonds is 5. The fraction of sp³-hybridized carbons (Fsp3) is 0.421. The number of ether oxygens (including phenoxy) is 2. The summed E-state index contributed by atoms with van der Waals surface area (Å²) in [7, 11) is -2.60. The molecule has 2 aliphatic rings. The molecule has 0 radical (unpaired) electrons. The number of alkyl halides is 1. The van der Waals surface area contributed by atoms with Crippen LogP contribution in [0.3, 0.4) is 0 Å². The lowest BCUT2D eigenvalue weighted by Crippen LogP contribution is -2.44. The third-order valence-corrected chi connectivity index (χ3v) is 6.80. The van der Waals surface area contributed by atoms with Gasteiger partial charge in [-0.05, 0) is 12.5 Å². The molecule has 0 unspecified atom stereocenters. The minimum atomic E-state index is -4.01. The predicted octanol–water partition coefficient (Wildman–Crippen LogP) is 2.78. The van der Waals surface area contributed by atoms with E-state index in [4.69, 9.17) is 28.8 Å². The Balaban J connectivity index is 1.41. The van der Waals surface area contributed by atoms with E-state index in [0.29, 0.717) is 5.52 Å². The summed E-state index contributed by atoms with van der Waals surface area (Å²) in [6.07, 6.45) is -1.88. The number of nitrogen functional groups attached to an aromatic ring is 1. The maximum absolute atomic E-state index is 16.1. The van der Waals surface area contributed by atoms with E-state index < -0.39 is 31.9 Å². The van der Waals surface area contributed by atoms with Crippen molar-refractivity contribution in [2.45, 2.75) is 37.6 Å². The summed E-state index contributed by atoms with van der Waals surface area (Å²) in [6, 6.07) is 9.10. The monoisotopic (exact) mass is 465 g/mol. The number of phosphoric acid groups is 1. The van der Waals surface area contributed by atoms with E-state index >= 15 is 4.39 Å². The average molecular weight is 465 g/mol. The van der Waals surface area contributed by atoms with E-state index in [1.165, 1.54) is 24.9 Å². The summed E-state index contributed by atoms with van der Waals surface area (Å²) in [5.74, 6) is 0.0890. The largest absolute Gasteiger partial charge is 0.479 e. The first kappa shape index (κ1) is 21.2. The van der Waals surface area contributed by atoms with Crippen molar-refractivity contribution in [3.05, 3.63) is 42.2 Å². The molecule has 5 rings (SSSR count). The minimum Gasteiger partial charge on any atom is -0.479 e. The Morgan fingerprint density at radius 2 is 2.12 bits per heavy atom. The molecule has 11 nitrogen and oxygen atoms in total. The van der Waals surface area contributed by atoms with Crippen molar-refractivity contribution >= 4 is 24.9 Å². The third kappa shape index (κ3) is 3.54. The number of methoxy groups -OCH3 is 1. The highest BCUT2D eigenvalue weighted by Crippen LogP contribution is 2.60. The first-order valence-corrected chi connectivity index (χ1v) is 11.3. The van der Waals surface area contributed by atoms with Gasteiger partial charge in [0.25, 0.3) is 0 Å². The zero-order valence-corrected chi connectivity index (χ0v) is 18.1. The van der Waals surface area contributed by atoms with Crippen LogP contribution in [0.5, 0.6) is 5.88 Å². The van der Waals surface area contributed by atoms with Crippen LogP contribution in [0.25, 0.3) is 11.2 Å². The van der Waals surface area contributed by atoms with Gasteiger partial charge in [0.05, 0.1) is 26.7 Å². The summed E-state index contributed by atoms with van der Waals surface area (Å²) in [5, 5.41) is 0. The molecule has 0 spiro atoms. The quantitative estimate of drug-likeness (QED) is 0.561. The highest BCUT2D eigenvalue weighted by molar-refractivity contribution is 7.48. The summed E-state index contributed by atoms with van der Waals surface area (Å²) in [4.78, 5) is 12.3. The van der Waals surface area contributed by atoms with Gasteiger partial charge in [-0.15, -0.1) is 0 Å². The van der Waals surface area contributed by atoms with Gasteiger partial charge in [0.15, 0.2) is 23.1 Å². The number of hydrogen-bond donors (Lipinski definition) is 1. The Bertz CT molecular complexity index is 1190. The molecule has 2 N–H and O–H groups in total. The van der Waals surface area contributed by atoms with Crippen LogP contribution in [-0.4, -0.2) is 51.1 Å². The van der Waals surface area contributed by atoms with Gasteiger partial charge in [0, 0.05) is 0 Å². The number of halogens is 1. The van der Waals surface area contributed by atoms with Crippen LogP contribution in [0, 0.1) is 0 Å². The number of anilines is 1. The number of phosphoric ester groups is 1. The molecule has 2 aromatic heterocycles. The molecule has 0 amide bonds. The zero-order valence-electron chi connectivity index (χ0n) is 17.3. The Morgan fingerprint density at radius 3 is 2.88 bits per heavy atom. The summed E-state index contributed by atoms with van der Waals surface area (Å²) >= 11 is 0. The van der Waals surface area contributed by atoms with Gasteiger partial charge in [-0.1, -0.05) is 30.3 Å². The number of benzene rings is 1. The van der Waals surface area contributed by atoms with E-state index in [0.717, 1.165) is 5.56 Å². The normalized spacial score (nSPS) is 32.2. The number of aromatic nitrogens is 4. The number of nitrogens with zero attached hydrogens (tertiary/aromatic N) is 4. The molecule has 5 atom stereocenters. The molecule has 2 fully saturated rings. The number of hydrogen-bond acceptors (Lipinski definition) is 10. The molecule has 0 bridgehead atoms. The summed E-state index contributed by atoms with van der Waals surface area (Å²) in [5.41, 5.74) is 4.93. The van der Waals surface area contributed by atoms with Gasteiger partial charge in [-0.3, -0.25) is 18.1 Å². The van der Waals surface area contributed by atoms with E-state index in [9.17, 15) is 4.57 Å². The summed E-state index contributed by atoms with van der Waals surface area (Å²) < 4.78 is 57.8. The van der Waals surface area contributed by atoms with Crippen LogP contribution in [0.4, 0.5) is 10.3 Å². The van der Waals surface area contributed by atoms with Crippen LogP contribution < -0.4 is 10.5 Å². The fourth-order valence-corrected chi connectivity index (χ4v) is 5.31. The smallest absolute Gasteiger partial charge is 0.475 e. The predicted molar refractivity (Wildman–Crippen MR) is 109 cm³/mol. The van der Waals surface area contributed by atoms with E-state index in [-0.39, 0.29) is 30.7 Å². The molecule has 13 heteroatoms. The SMILES string of the molecule is COc1nc(N)nc2c1ncn2[C@@H]1O[C@@H]2CO[P@@](=O)(OCc3ccccc3)O[C@H]2[C@@]1(C)F. The second-order valence-corrected chi connectivity index (χ2v) is 9.24. The van der Waals surface area contributed by atoms with Crippen LogP contribution >= 0.6 is 7.82 Å². The maximum Gasteiger partial charge on any atom is 0.475 e. The van der Waals surface area contributed by atoms with Gasteiger partial charge in [-0.2, -0.15) is 9.97 Å². The lowest BCUT2D eigenvalue weighted by atomic mass is 9.98. The van der Waals surface area contributed by atoms with E-state index in [2.05, 4.69) is 15.0 Å². The lowest BCUT2D eigenvalue weighted by Gasteiger charge is -2.33. The van der Waals surface area contributed by atoms with Crippen LogP contribution in [-0.2, 0) is 29.5 Å². The molecule has 0 aliphatic carbocycles. The van der Waals surface area contributed by atoms with E-state index in [1.54, 1.807) is 12.1 Å². The number of fused-ring (bicyclic) bond motifs is 2. The molecule has 1 aromatic carbocycles.